The molecule has 6 nitrogen and oxygen atoms in total. The number of rotatable bonds is 3. The SMILES string of the molecule is CN(C)C(=O)C1CSCN1C(=O)CS(C)(=O)=O. The van der Waals surface area contributed by atoms with Gasteiger partial charge >= 0.3 is 0 Å². The lowest BCUT2D eigenvalue weighted by atomic mass is 10.2. The number of hydrogen-bond acceptors (Lipinski definition) is 5. The number of sulfone groups is 1. The zero-order valence-electron chi connectivity index (χ0n) is 10.0. The van der Waals surface area contributed by atoms with Crippen LogP contribution in [0.25, 0.3) is 0 Å². The maximum absolute atomic E-state index is 11.8. The maximum atomic E-state index is 11.8. The summed E-state index contributed by atoms with van der Waals surface area (Å²) in [4.78, 5) is 26.3. The molecule has 1 heterocycles. The molecule has 0 aliphatic carbocycles. The molecule has 1 fully saturated rings. The summed E-state index contributed by atoms with van der Waals surface area (Å²) in [5, 5.41) is 0. The van der Waals surface area contributed by atoms with E-state index < -0.39 is 27.5 Å². The van der Waals surface area contributed by atoms with Crippen molar-refractivity contribution in [1.29, 1.82) is 0 Å². The van der Waals surface area contributed by atoms with Crippen LogP contribution in [0.5, 0.6) is 0 Å². The number of nitrogens with zero attached hydrogens (tertiary/aromatic N) is 2. The summed E-state index contributed by atoms with van der Waals surface area (Å²) in [5.74, 6) is -0.315. The van der Waals surface area contributed by atoms with Crippen LogP contribution in [0.4, 0.5) is 0 Å². The molecule has 1 saturated heterocycles. The van der Waals surface area contributed by atoms with Gasteiger partial charge in [0.05, 0.1) is 5.88 Å². The van der Waals surface area contributed by atoms with Gasteiger partial charge in [0, 0.05) is 26.1 Å². The highest BCUT2D eigenvalue weighted by Gasteiger charge is 2.36. The zero-order valence-corrected chi connectivity index (χ0v) is 11.7. The van der Waals surface area contributed by atoms with Crippen LogP contribution in [0.15, 0.2) is 0 Å². The van der Waals surface area contributed by atoms with E-state index in [1.54, 1.807) is 14.1 Å². The van der Waals surface area contributed by atoms with Crippen LogP contribution < -0.4 is 0 Å². The number of amides is 2. The van der Waals surface area contributed by atoms with Crippen molar-refractivity contribution in [3.05, 3.63) is 0 Å². The van der Waals surface area contributed by atoms with Crippen molar-refractivity contribution in [2.45, 2.75) is 6.04 Å². The van der Waals surface area contributed by atoms with E-state index in [2.05, 4.69) is 0 Å². The van der Waals surface area contributed by atoms with Crippen molar-refractivity contribution >= 4 is 33.4 Å². The van der Waals surface area contributed by atoms with Gasteiger partial charge in [-0.3, -0.25) is 9.59 Å². The first-order chi connectivity index (χ1) is 7.72. The second-order valence-corrected chi connectivity index (χ2v) is 7.32. The molecule has 1 aliphatic heterocycles. The smallest absolute Gasteiger partial charge is 0.245 e. The summed E-state index contributed by atoms with van der Waals surface area (Å²) in [5.41, 5.74) is 0. The monoisotopic (exact) mass is 280 g/mol. The van der Waals surface area contributed by atoms with E-state index in [0.717, 1.165) is 6.26 Å². The number of carbonyl (C=O) groups is 2. The summed E-state index contributed by atoms with van der Waals surface area (Å²) in [6.45, 7) is 0. The Morgan fingerprint density at radius 3 is 2.47 bits per heavy atom. The van der Waals surface area contributed by atoms with Crippen LogP contribution in [0.2, 0.25) is 0 Å². The Labute approximate surface area is 105 Å². The van der Waals surface area contributed by atoms with Crippen molar-refractivity contribution in [1.82, 2.24) is 9.80 Å². The Morgan fingerprint density at radius 1 is 1.41 bits per heavy atom. The zero-order chi connectivity index (χ0) is 13.2. The molecular weight excluding hydrogens is 264 g/mol. The molecule has 0 bridgehead atoms. The lowest BCUT2D eigenvalue weighted by Gasteiger charge is -2.25. The van der Waals surface area contributed by atoms with E-state index in [4.69, 9.17) is 0 Å². The minimum Gasteiger partial charge on any atom is -0.347 e. The van der Waals surface area contributed by atoms with Gasteiger partial charge in [0.15, 0.2) is 9.84 Å². The number of carbonyl (C=O) groups excluding carboxylic acids is 2. The minimum atomic E-state index is -3.36. The van der Waals surface area contributed by atoms with Gasteiger partial charge in [0.1, 0.15) is 11.8 Å². The van der Waals surface area contributed by atoms with Crippen LogP contribution in [-0.2, 0) is 19.4 Å². The molecule has 1 atom stereocenters. The summed E-state index contributed by atoms with van der Waals surface area (Å²) in [7, 11) is -0.124. The van der Waals surface area contributed by atoms with Gasteiger partial charge in [0.25, 0.3) is 0 Å². The van der Waals surface area contributed by atoms with Crippen LogP contribution in [0.3, 0.4) is 0 Å². The van der Waals surface area contributed by atoms with E-state index in [-0.39, 0.29) is 5.91 Å². The van der Waals surface area contributed by atoms with Gasteiger partial charge in [-0.05, 0) is 0 Å². The van der Waals surface area contributed by atoms with Crippen LogP contribution in [0, 0.1) is 0 Å². The number of thioether (sulfide) groups is 1. The molecule has 98 valence electrons. The molecule has 1 unspecified atom stereocenters. The van der Waals surface area contributed by atoms with Crippen LogP contribution >= 0.6 is 11.8 Å². The fourth-order valence-corrected chi connectivity index (χ4v) is 3.28. The third kappa shape index (κ3) is 3.88. The topological polar surface area (TPSA) is 74.8 Å². The lowest BCUT2D eigenvalue weighted by Crippen LogP contribution is -2.48. The number of likely N-dealkylation sites (N-methyl/N-ethyl adjacent to an activating group) is 1. The molecule has 0 N–H and O–H groups in total. The van der Waals surface area contributed by atoms with Gasteiger partial charge in [-0.2, -0.15) is 0 Å². The summed E-state index contributed by atoms with van der Waals surface area (Å²) in [6, 6.07) is -0.538. The molecule has 8 heteroatoms. The quantitative estimate of drug-likeness (QED) is 0.664. The molecule has 0 radical (unpaired) electrons. The van der Waals surface area contributed by atoms with E-state index in [1.165, 1.54) is 21.6 Å². The third-order valence-electron chi connectivity index (χ3n) is 2.31. The Hall–Kier alpha value is -0.760. The first-order valence-electron chi connectivity index (χ1n) is 4.98. The molecule has 0 spiro atoms. The molecule has 0 saturated carbocycles. The second-order valence-electron chi connectivity index (χ2n) is 4.18. The predicted octanol–water partition coefficient (Wildman–Crippen LogP) is -0.979. The molecular formula is C9H16N2O4S2. The van der Waals surface area contributed by atoms with Crippen LogP contribution in [0.1, 0.15) is 0 Å². The standard InChI is InChI=1S/C9H16N2O4S2/c1-10(2)9(13)7-4-16-6-11(7)8(12)5-17(3,14)15/h7H,4-6H2,1-3H3. The second kappa shape index (κ2) is 5.26. The Kier molecular flexibility index (Phi) is 4.42. The molecule has 2 amide bonds. The van der Waals surface area contributed by atoms with E-state index in [9.17, 15) is 18.0 Å². The first kappa shape index (κ1) is 14.3. The number of hydrogen-bond donors (Lipinski definition) is 0. The maximum Gasteiger partial charge on any atom is 0.245 e. The van der Waals surface area contributed by atoms with Crippen molar-refractivity contribution in [3.63, 3.8) is 0 Å². The highest BCUT2D eigenvalue weighted by Crippen LogP contribution is 2.22. The molecule has 0 aromatic carbocycles. The fourth-order valence-electron chi connectivity index (χ4n) is 1.50. The fraction of sp³-hybridized carbons (Fsp3) is 0.778. The summed E-state index contributed by atoms with van der Waals surface area (Å²) < 4.78 is 22.1. The highest BCUT2D eigenvalue weighted by molar-refractivity contribution is 7.99. The molecule has 17 heavy (non-hydrogen) atoms. The average Bonchev–Trinajstić information content (AvgIpc) is 2.61. The summed E-state index contributed by atoms with van der Waals surface area (Å²) in [6.07, 6.45) is 1.01. The molecule has 1 rings (SSSR count). The normalized spacial score (nSPS) is 20.4. The largest absolute Gasteiger partial charge is 0.347 e. The van der Waals surface area contributed by atoms with E-state index >= 15 is 0 Å². The van der Waals surface area contributed by atoms with Crippen molar-refractivity contribution in [3.8, 4) is 0 Å². The Bertz CT molecular complexity index is 419. The lowest BCUT2D eigenvalue weighted by molar-refractivity contribution is -0.140. The molecule has 1 aliphatic rings. The van der Waals surface area contributed by atoms with Gasteiger partial charge in [-0.15, -0.1) is 11.8 Å². The van der Waals surface area contributed by atoms with Gasteiger partial charge < -0.3 is 9.80 Å². The van der Waals surface area contributed by atoms with Gasteiger partial charge in [-0.25, -0.2) is 8.42 Å². The highest BCUT2D eigenvalue weighted by atomic mass is 32.2. The molecule has 0 aromatic rings. The van der Waals surface area contributed by atoms with Crippen molar-refractivity contribution in [2.24, 2.45) is 0 Å². The van der Waals surface area contributed by atoms with E-state index in [1.807, 2.05) is 0 Å². The minimum absolute atomic E-state index is 0.170. The average molecular weight is 280 g/mol. The molecule has 0 aromatic heterocycles. The Balaban J connectivity index is 2.76. The van der Waals surface area contributed by atoms with Crippen molar-refractivity contribution < 1.29 is 18.0 Å². The predicted molar refractivity (Wildman–Crippen MR) is 66.4 cm³/mol. The van der Waals surface area contributed by atoms with E-state index in [0.29, 0.717) is 11.6 Å². The van der Waals surface area contributed by atoms with Crippen LogP contribution in [-0.4, -0.2) is 73.8 Å². The van der Waals surface area contributed by atoms with Gasteiger partial charge in [-0.1, -0.05) is 0 Å². The Morgan fingerprint density at radius 2 is 2.00 bits per heavy atom. The third-order valence-corrected chi connectivity index (χ3v) is 4.10. The van der Waals surface area contributed by atoms with Crippen molar-refractivity contribution in [2.75, 3.05) is 37.7 Å². The summed E-state index contributed by atoms with van der Waals surface area (Å²) >= 11 is 1.45. The van der Waals surface area contributed by atoms with Gasteiger partial charge in [0.2, 0.25) is 11.8 Å². The first-order valence-corrected chi connectivity index (χ1v) is 8.20.